The van der Waals surface area contributed by atoms with Crippen LogP contribution >= 0.6 is 0 Å². The normalized spacial score (nSPS) is 15.3. The van der Waals surface area contributed by atoms with E-state index in [4.69, 9.17) is 5.73 Å². The molecule has 3 aromatic rings. The van der Waals surface area contributed by atoms with E-state index in [9.17, 15) is 13.2 Å². The van der Waals surface area contributed by atoms with Crippen molar-refractivity contribution in [1.29, 1.82) is 0 Å². The summed E-state index contributed by atoms with van der Waals surface area (Å²) in [4.78, 5) is 15.4. The first-order valence-electron chi connectivity index (χ1n) is 7.86. The van der Waals surface area contributed by atoms with Crippen molar-refractivity contribution in [3.8, 4) is 17.0 Å². The van der Waals surface area contributed by atoms with Crippen molar-refractivity contribution in [1.82, 2.24) is 19.5 Å². The second kappa shape index (κ2) is 5.84. The quantitative estimate of drug-likeness (QED) is 0.766. The van der Waals surface area contributed by atoms with Gasteiger partial charge in [-0.15, -0.1) is 13.2 Å². The fourth-order valence-electron chi connectivity index (χ4n) is 2.83. The maximum absolute atomic E-state index is 12.3. The number of ether oxygens (including phenoxy) is 1. The third-order valence-corrected chi connectivity index (χ3v) is 4.10. The molecule has 0 spiro atoms. The fourth-order valence-corrected chi connectivity index (χ4v) is 2.83. The van der Waals surface area contributed by atoms with Crippen LogP contribution in [0.2, 0.25) is 0 Å². The Morgan fingerprint density at radius 3 is 2.46 bits per heavy atom. The molecule has 1 saturated heterocycles. The molecular formula is C16H15F3N6O. The van der Waals surface area contributed by atoms with Crippen LogP contribution in [0.5, 0.6) is 5.75 Å². The zero-order chi connectivity index (χ0) is 18.5. The van der Waals surface area contributed by atoms with E-state index in [1.54, 1.807) is 10.9 Å². The van der Waals surface area contributed by atoms with Crippen LogP contribution in [0, 0.1) is 0 Å². The lowest BCUT2D eigenvalue weighted by Crippen LogP contribution is -2.56. The molecule has 2 aromatic heterocycles. The molecule has 0 amide bonds. The minimum atomic E-state index is -4.73. The standard InChI is InChI=1S/C16H15F3N6O/c1-24-8-21-13-12(9-2-4-11(5-3-9)26-16(17,18)19)22-15(23-14(13)24)25-6-10(20)7-25/h2-5,8,10H,6-7,20H2,1H3. The van der Waals surface area contributed by atoms with E-state index in [2.05, 4.69) is 19.7 Å². The zero-order valence-electron chi connectivity index (χ0n) is 13.7. The van der Waals surface area contributed by atoms with Crippen molar-refractivity contribution < 1.29 is 17.9 Å². The molecule has 1 aliphatic rings. The molecule has 10 heteroatoms. The van der Waals surface area contributed by atoms with Crippen LogP contribution in [0.4, 0.5) is 19.1 Å². The van der Waals surface area contributed by atoms with Crippen molar-refractivity contribution in [2.75, 3.05) is 18.0 Å². The number of halogens is 3. The number of hydrogen-bond acceptors (Lipinski definition) is 6. The second-order valence-electron chi connectivity index (χ2n) is 6.14. The molecule has 0 aliphatic carbocycles. The first-order chi connectivity index (χ1) is 12.3. The third kappa shape index (κ3) is 3.03. The number of hydrogen-bond donors (Lipinski definition) is 1. The van der Waals surface area contributed by atoms with Gasteiger partial charge in [-0.1, -0.05) is 0 Å². The summed E-state index contributed by atoms with van der Waals surface area (Å²) in [5, 5.41) is 0. The van der Waals surface area contributed by atoms with Gasteiger partial charge in [0.25, 0.3) is 0 Å². The number of anilines is 1. The van der Waals surface area contributed by atoms with Crippen molar-refractivity contribution in [2.24, 2.45) is 12.8 Å². The van der Waals surface area contributed by atoms with Crippen LogP contribution in [0.1, 0.15) is 0 Å². The second-order valence-corrected chi connectivity index (χ2v) is 6.14. The van der Waals surface area contributed by atoms with E-state index >= 15 is 0 Å². The lowest BCUT2D eigenvalue weighted by molar-refractivity contribution is -0.274. The van der Waals surface area contributed by atoms with Gasteiger partial charge in [0.05, 0.1) is 6.33 Å². The molecular weight excluding hydrogens is 349 g/mol. The van der Waals surface area contributed by atoms with E-state index < -0.39 is 6.36 Å². The Balaban J connectivity index is 1.75. The first-order valence-corrected chi connectivity index (χ1v) is 7.86. The van der Waals surface area contributed by atoms with Gasteiger partial charge in [0, 0.05) is 31.7 Å². The predicted molar refractivity (Wildman–Crippen MR) is 88.6 cm³/mol. The van der Waals surface area contributed by atoms with Gasteiger partial charge < -0.3 is 19.9 Å². The predicted octanol–water partition coefficient (Wildman–Crippen LogP) is 2.08. The Hall–Kier alpha value is -2.88. The minimum Gasteiger partial charge on any atom is -0.406 e. The van der Waals surface area contributed by atoms with Gasteiger partial charge in [-0.25, -0.2) is 9.97 Å². The number of aryl methyl sites for hydroxylation is 1. The number of benzene rings is 1. The lowest BCUT2D eigenvalue weighted by Gasteiger charge is -2.36. The minimum absolute atomic E-state index is 0.0862. The summed E-state index contributed by atoms with van der Waals surface area (Å²) in [5.41, 5.74) is 8.21. The van der Waals surface area contributed by atoms with E-state index in [0.29, 0.717) is 41.5 Å². The molecule has 1 aromatic carbocycles. The Morgan fingerprint density at radius 2 is 1.85 bits per heavy atom. The molecule has 7 nitrogen and oxygen atoms in total. The molecule has 4 rings (SSSR count). The Bertz CT molecular complexity index is 947. The molecule has 0 radical (unpaired) electrons. The number of fused-ring (bicyclic) bond motifs is 1. The number of alkyl halides is 3. The number of nitrogens with two attached hydrogens (primary N) is 1. The molecule has 26 heavy (non-hydrogen) atoms. The highest BCUT2D eigenvalue weighted by Gasteiger charge is 2.31. The molecule has 0 saturated carbocycles. The SMILES string of the molecule is Cn1cnc2c(-c3ccc(OC(F)(F)F)cc3)nc(N3CC(N)C3)nc21. The average Bonchev–Trinajstić information content (AvgIpc) is 2.92. The maximum atomic E-state index is 12.3. The number of rotatable bonds is 3. The molecule has 1 aliphatic heterocycles. The Kier molecular flexibility index (Phi) is 3.72. The van der Waals surface area contributed by atoms with Gasteiger partial charge in [-0.05, 0) is 24.3 Å². The number of imidazole rings is 1. The van der Waals surface area contributed by atoms with Gasteiger partial charge in [-0.3, -0.25) is 0 Å². The largest absolute Gasteiger partial charge is 0.573 e. The smallest absolute Gasteiger partial charge is 0.406 e. The van der Waals surface area contributed by atoms with E-state index in [1.165, 1.54) is 24.3 Å². The maximum Gasteiger partial charge on any atom is 0.573 e. The molecule has 136 valence electrons. The summed E-state index contributed by atoms with van der Waals surface area (Å²) in [6.45, 7) is 1.31. The molecule has 3 heterocycles. The summed E-state index contributed by atoms with van der Waals surface area (Å²) in [5.74, 6) is 0.231. The van der Waals surface area contributed by atoms with E-state index in [1.807, 2.05) is 11.9 Å². The van der Waals surface area contributed by atoms with Crippen molar-refractivity contribution >= 4 is 17.1 Å². The Morgan fingerprint density at radius 1 is 1.15 bits per heavy atom. The van der Waals surface area contributed by atoms with Crippen LogP contribution in [-0.2, 0) is 7.05 Å². The van der Waals surface area contributed by atoms with E-state index in [0.717, 1.165) is 0 Å². The topological polar surface area (TPSA) is 82.1 Å². The van der Waals surface area contributed by atoms with Gasteiger partial charge in [-0.2, -0.15) is 4.98 Å². The molecule has 0 atom stereocenters. The highest BCUT2D eigenvalue weighted by molar-refractivity contribution is 5.88. The van der Waals surface area contributed by atoms with Crippen LogP contribution in [0.25, 0.3) is 22.4 Å². The average molecular weight is 364 g/mol. The van der Waals surface area contributed by atoms with Gasteiger partial charge in [0.2, 0.25) is 5.95 Å². The zero-order valence-corrected chi connectivity index (χ0v) is 13.7. The number of nitrogens with zero attached hydrogens (tertiary/aromatic N) is 5. The summed E-state index contributed by atoms with van der Waals surface area (Å²) in [6.07, 6.45) is -3.11. The summed E-state index contributed by atoms with van der Waals surface area (Å²) in [7, 11) is 1.82. The molecule has 2 N–H and O–H groups in total. The van der Waals surface area contributed by atoms with Gasteiger partial charge >= 0.3 is 6.36 Å². The first kappa shape index (κ1) is 16.6. The van der Waals surface area contributed by atoms with Crippen LogP contribution in [0.15, 0.2) is 30.6 Å². The highest BCUT2D eigenvalue weighted by Crippen LogP contribution is 2.30. The molecule has 1 fully saturated rings. The highest BCUT2D eigenvalue weighted by atomic mass is 19.4. The van der Waals surface area contributed by atoms with Crippen LogP contribution in [-0.4, -0.2) is 45.0 Å². The third-order valence-electron chi connectivity index (χ3n) is 4.10. The van der Waals surface area contributed by atoms with Gasteiger partial charge in [0.1, 0.15) is 17.0 Å². The molecule has 0 bridgehead atoms. The van der Waals surface area contributed by atoms with Crippen molar-refractivity contribution in [3.05, 3.63) is 30.6 Å². The summed E-state index contributed by atoms with van der Waals surface area (Å²) in [6, 6.07) is 5.62. The van der Waals surface area contributed by atoms with Gasteiger partial charge in [0.15, 0.2) is 5.65 Å². The molecule has 0 unspecified atom stereocenters. The van der Waals surface area contributed by atoms with Crippen LogP contribution in [0.3, 0.4) is 0 Å². The van der Waals surface area contributed by atoms with Crippen molar-refractivity contribution in [2.45, 2.75) is 12.4 Å². The van der Waals surface area contributed by atoms with Crippen molar-refractivity contribution in [3.63, 3.8) is 0 Å². The monoisotopic (exact) mass is 364 g/mol. The number of aromatic nitrogens is 4. The summed E-state index contributed by atoms with van der Waals surface area (Å²) >= 11 is 0. The van der Waals surface area contributed by atoms with Crippen LogP contribution < -0.4 is 15.4 Å². The van der Waals surface area contributed by atoms with E-state index in [-0.39, 0.29) is 11.8 Å². The fraction of sp³-hybridized carbons (Fsp3) is 0.312. The Labute approximate surface area is 146 Å². The lowest BCUT2D eigenvalue weighted by atomic mass is 10.1. The summed E-state index contributed by atoms with van der Waals surface area (Å²) < 4.78 is 42.6.